The van der Waals surface area contributed by atoms with Crippen LogP contribution < -0.4 is 16.8 Å². The molecular formula is C31H41N7O. The van der Waals surface area contributed by atoms with Crippen LogP contribution in [-0.4, -0.2) is 45.2 Å². The predicted molar refractivity (Wildman–Crippen MR) is 158 cm³/mol. The van der Waals surface area contributed by atoms with Crippen molar-refractivity contribution in [1.29, 1.82) is 0 Å². The van der Waals surface area contributed by atoms with Gasteiger partial charge in [-0.2, -0.15) is 4.98 Å². The van der Waals surface area contributed by atoms with E-state index in [2.05, 4.69) is 87.3 Å². The molecule has 8 heteroatoms. The number of likely N-dealkylation sites (tertiary alicyclic amines) is 1. The predicted octanol–water partition coefficient (Wildman–Crippen LogP) is 4.83. The summed E-state index contributed by atoms with van der Waals surface area (Å²) in [7, 11) is 0. The summed E-state index contributed by atoms with van der Waals surface area (Å²) in [6, 6.07) is 17.2. The third-order valence-corrected chi connectivity index (χ3v) is 7.52. The number of benzene rings is 2. The number of nitrogen functional groups attached to an aromatic ring is 1. The summed E-state index contributed by atoms with van der Waals surface area (Å²) < 4.78 is 8.32. The Morgan fingerprint density at radius 1 is 0.974 bits per heavy atom. The fourth-order valence-corrected chi connectivity index (χ4v) is 5.18. The van der Waals surface area contributed by atoms with E-state index in [9.17, 15) is 0 Å². The molecule has 3 heterocycles. The first-order valence-electron chi connectivity index (χ1n) is 14.1. The van der Waals surface area contributed by atoms with Gasteiger partial charge in [0.15, 0.2) is 5.82 Å². The second-order valence-electron chi connectivity index (χ2n) is 10.7. The van der Waals surface area contributed by atoms with Crippen LogP contribution >= 0.6 is 0 Å². The van der Waals surface area contributed by atoms with E-state index in [-0.39, 0.29) is 0 Å². The largest absolute Gasteiger partial charge is 0.371 e. The number of aryl methyl sites for hydroxylation is 1. The van der Waals surface area contributed by atoms with Gasteiger partial charge >= 0.3 is 0 Å². The minimum atomic E-state index is 0.294. The van der Waals surface area contributed by atoms with Crippen molar-refractivity contribution in [3.8, 4) is 0 Å². The van der Waals surface area contributed by atoms with Gasteiger partial charge in [0.05, 0.1) is 18.2 Å². The first kappa shape index (κ1) is 27.1. The molecule has 0 atom stereocenters. The highest BCUT2D eigenvalue weighted by Gasteiger charge is 2.27. The van der Waals surface area contributed by atoms with Crippen LogP contribution in [0.15, 0.2) is 54.7 Å². The zero-order chi connectivity index (χ0) is 27.2. The Bertz CT molecular complexity index is 1380. The number of nitrogens with one attached hydrogen (secondary N) is 1. The molecular weight excluding hydrogens is 486 g/mol. The van der Waals surface area contributed by atoms with E-state index >= 15 is 0 Å². The maximum atomic E-state index is 6.10. The van der Waals surface area contributed by atoms with Gasteiger partial charge in [0, 0.05) is 45.5 Å². The lowest BCUT2D eigenvalue weighted by atomic mass is 10.0. The highest BCUT2D eigenvalue weighted by Crippen LogP contribution is 2.25. The van der Waals surface area contributed by atoms with Crippen LogP contribution in [0.4, 0.5) is 11.8 Å². The van der Waals surface area contributed by atoms with Gasteiger partial charge in [-0.05, 0) is 47.2 Å². The van der Waals surface area contributed by atoms with Gasteiger partial charge in [-0.15, -0.1) is 0 Å². The second kappa shape index (κ2) is 12.6. The number of fused-ring (bicyclic) bond motifs is 1. The number of hydrogen-bond donors (Lipinski definition) is 3. The third kappa shape index (κ3) is 6.76. The first-order chi connectivity index (χ1) is 19.0. The normalized spacial score (nSPS) is 14.1. The van der Waals surface area contributed by atoms with Gasteiger partial charge < -0.3 is 26.1 Å². The van der Waals surface area contributed by atoms with Crippen molar-refractivity contribution in [3.63, 3.8) is 0 Å². The van der Waals surface area contributed by atoms with Gasteiger partial charge in [-0.1, -0.05) is 62.2 Å². The number of unbranched alkanes of at least 4 members (excludes halogenated alkanes) is 2. The first-order valence-corrected chi connectivity index (χ1v) is 14.1. The van der Waals surface area contributed by atoms with Crippen molar-refractivity contribution in [1.82, 2.24) is 19.4 Å². The molecule has 0 unspecified atom stereocenters. The van der Waals surface area contributed by atoms with Gasteiger partial charge in [0.1, 0.15) is 5.52 Å². The lowest BCUT2D eigenvalue weighted by Crippen LogP contribution is -2.51. The average molecular weight is 528 g/mol. The topological polar surface area (TPSA) is 107 Å². The number of ether oxygens (including phenoxy) is 1. The Kier molecular flexibility index (Phi) is 8.76. The third-order valence-electron chi connectivity index (χ3n) is 7.52. The molecule has 2 aromatic heterocycles. The molecule has 0 bridgehead atoms. The van der Waals surface area contributed by atoms with Crippen molar-refractivity contribution < 1.29 is 4.74 Å². The minimum Gasteiger partial charge on any atom is -0.371 e. The SMILES string of the molecule is CCCCCNc1nc(N)nc2ccn(Cc3ccc(CN4CC(OCc5ccc(CN)cc5)C4)cc3C)c12. The van der Waals surface area contributed by atoms with Crippen LogP contribution in [0.1, 0.15) is 54.0 Å². The van der Waals surface area contributed by atoms with Crippen molar-refractivity contribution in [3.05, 3.63) is 82.5 Å². The van der Waals surface area contributed by atoms with Crippen molar-refractivity contribution in [2.75, 3.05) is 30.7 Å². The monoisotopic (exact) mass is 527 g/mol. The average Bonchev–Trinajstić information content (AvgIpc) is 3.31. The molecule has 0 spiro atoms. The maximum Gasteiger partial charge on any atom is 0.222 e. The molecule has 0 saturated carbocycles. The molecule has 0 radical (unpaired) electrons. The number of nitrogens with two attached hydrogens (primary N) is 2. The quantitative estimate of drug-likeness (QED) is 0.214. The van der Waals surface area contributed by atoms with E-state index in [1.165, 1.54) is 35.1 Å². The standard InChI is InChI=1S/C31H41N7O/c1-3-4-5-13-34-30-29-28(35-31(33)36-30)12-14-38(29)18-26-11-10-25(15-22(26)2)17-37-19-27(20-37)39-21-24-8-6-23(16-32)7-9-24/h6-12,14-15,27H,3-5,13,16-21,32H2,1-2H3,(H3,33,34,35,36). The van der Waals surface area contributed by atoms with E-state index in [1.807, 2.05) is 6.07 Å². The summed E-state index contributed by atoms with van der Waals surface area (Å²) in [5, 5.41) is 3.49. The Hall–Kier alpha value is -3.46. The van der Waals surface area contributed by atoms with Gasteiger partial charge in [0.2, 0.25) is 5.95 Å². The molecule has 1 aliphatic heterocycles. The Morgan fingerprint density at radius 2 is 1.74 bits per heavy atom. The lowest BCUT2D eigenvalue weighted by molar-refractivity contribution is -0.0658. The Labute approximate surface area is 231 Å². The Morgan fingerprint density at radius 3 is 2.49 bits per heavy atom. The van der Waals surface area contributed by atoms with E-state index in [1.54, 1.807) is 0 Å². The summed E-state index contributed by atoms with van der Waals surface area (Å²) in [6.45, 7) is 10.1. The molecule has 5 rings (SSSR count). The van der Waals surface area contributed by atoms with Crippen LogP contribution in [0.5, 0.6) is 0 Å². The summed E-state index contributed by atoms with van der Waals surface area (Å²) in [5.74, 6) is 1.12. The maximum absolute atomic E-state index is 6.10. The number of aromatic nitrogens is 3. The van der Waals surface area contributed by atoms with Crippen LogP contribution in [-0.2, 0) is 31.0 Å². The number of anilines is 2. The van der Waals surface area contributed by atoms with Crippen LogP contribution in [0, 0.1) is 6.92 Å². The van der Waals surface area contributed by atoms with Crippen molar-refractivity contribution in [2.24, 2.45) is 5.73 Å². The zero-order valence-electron chi connectivity index (χ0n) is 23.2. The van der Waals surface area contributed by atoms with Crippen LogP contribution in [0.2, 0.25) is 0 Å². The molecule has 8 nitrogen and oxygen atoms in total. The van der Waals surface area contributed by atoms with E-state index in [0.29, 0.717) is 25.2 Å². The molecule has 1 fully saturated rings. The molecule has 1 aliphatic rings. The smallest absolute Gasteiger partial charge is 0.222 e. The fourth-order valence-electron chi connectivity index (χ4n) is 5.18. The van der Waals surface area contributed by atoms with E-state index in [4.69, 9.17) is 16.2 Å². The van der Waals surface area contributed by atoms with Gasteiger partial charge in [-0.3, -0.25) is 4.90 Å². The van der Waals surface area contributed by atoms with Crippen molar-refractivity contribution in [2.45, 2.75) is 65.5 Å². The van der Waals surface area contributed by atoms with Crippen LogP contribution in [0.3, 0.4) is 0 Å². The number of rotatable bonds is 13. The summed E-state index contributed by atoms with van der Waals surface area (Å²) in [4.78, 5) is 11.4. The molecule has 0 amide bonds. The molecule has 0 aliphatic carbocycles. The highest BCUT2D eigenvalue weighted by molar-refractivity contribution is 5.87. The molecule has 2 aromatic carbocycles. The molecule has 39 heavy (non-hydrogen) atoms. The van der Waals surface area contributed by atoms with Gasteiger partial charge in [0.25, 0.3) is 0 Å². The van der Waals surface area contributed by atoms with E-state index < -0.39 is 0 Å². The molecule has 206 valence electrons. The second-order valence-corrected chi connectivity index (χ2v) is 10.7. The summed E-state index contributed by atoms with van der Waals surface area (Å²) >= 11 is 0. The van der Waals surface area contributed by atoms with Gasteiger partial charge in [-0.25, -0.2) is 4.98 Å². The zero-order valence-corrected chi connectivity index (χ0v) is 23.2. The van der Waals surface area contributed by atoms with Crippen LogP contribution in [0.25, 0.3) is 11.0 Å². The molecule has 1 saturated heterocycles. The Balaban J connectivity index is 1.16. The van der Waals surface area contributed by atoms with Crippen molar-refractivity contribution >= 4 is 22.8 Å². The lowest BCUT2D eigenvalue weighted by Gasteiger charge is -2.39. The summed E-state index contributed by atoms with van der Waals surface area (Å²) in [5.41, 5.74) is 19.8. The highest BCUT2D eigenvalue weighted by atomic mass is 16.5. The summed E-state index contributed by atoms with van der Waals surface area (Å²) in [6.07, 6.45) is 5.86. The fraction of sp³-hybridized carbons (Fsp3) is 0.419. The van der Waals surface area contributed by atoms with E-state index in [0.717, 1.165) is 61.6 Å². The molecule has 5 N–H and O–H groups in total. The minimum absolute atomic E-state index is 0.294. The molecule has 4 aromatic rings. The number of nitrogens with zero attached hydrogens (tertiary/aromatic N) is 4. The number of hydrogen-bond acceptors (Lipinski definition) is 7.